The summed E-state index contributed by atoms with van der Waals surface area (Å²) in [5.41, 5.74) is 7.99. The maximum Gasteiger partial charge on any atom is 0.223 e. The molecule has 0 spiro atoms. The van der Waals surface area contributed by atoms with Crippen molar-refractivity contribution in [1.82, 2.24) is 14.3 Å². The number of rotatable bonds is 8. The van der Waals surface area contributed by atoms with E-state index < -0.39 is 0 Å². The molecule has 3 heterocycles. The summed E-state index contributed by atoms with van der Waals surface area (Å²) in [6.45, 7) is 4.94. The Hall–Kier alpha value is -4.49. The van der Waals surface area contributed by atoms with Gasteiger partial charge in [0.15, 0.2) is 0 Å². The molecular weight excluding hydrogens is 560 g/mol. The van der Waals surface area contributed by atoms with Crippen LogP contribution >= 0.6 is 11.6 Å². The molecule has 0 N–H and O–H groups in total. The second-order valence-electron chi connectivity index (χ2n) is 10.8. The molecule has 0 aliphatic carbocycles. The van der Waals surface area contributed by atoms with E-state index >= 15 is 0 Å². The van der Waals surface area contributed by atoms with Crippen molar-refractivity contribution in [1.29, 1.82) is 0 Å². The van der Waals surface area contributed by atoms with E-state index in [1.165, 1.54) is 0 Å². The number of imidazole rings is 1. The number of carbonyl (C=O) groups excluding carboxylic acids is 1. The molecule has 5 aromatic rings. The predicted molar refractivity (Wildman–Crippen MR) is 172 cm³/mol. The zero-order valence-electron chi connectivity index (χ0n) is 24.7. The van der Waals surface area contributed by atoms with E-state index in [9.17, 15) is 4.79 Å². The van der Waals surface area contributed by atoms with Crippen LogP contribution in [0.15, 0.2) is 85.1 Å². The summed E-state index contributed by atoms with van der Waals surface area (Å²) in [5.74, 6) is 1.77. The van der Waals surface area contributed by atoms with Crippen molar-refractivity contribution >= 4 is 28.8 Å². The topological polar surface area (TPSA) is 59.3 Å². The summed E-state index contributed by atoms with van der Waals surface area (Å²) in [6, 6.07) is 26.0. The number of ether oxygens (including phenoxy) is 2. The Bertz CT molecular complexity index is 1770. The highest BCUT2D eigenvalue weighted by Crippen LogP contribution is 2.32. The van der Waals surface area contributed by atoms with Gasteiger partial charge in [-0.2, -0.15) is 0 Å². The zero-order valence-corrected chi connectivity index (χ0v) is 25.5. The Labute approximate surface area is 257 Å². The molecule has 3 aromatic carbocycles. The number of aromatic nitrogens is 2. The van der Waals surface area contributed by atoms with Crippen LogP contribution in [0.4, 0.5) is 5.69 Å². The SMILES string of the molecule is COc1cccc(-c2nc3ccc(-c4ccc(Cl)cc4C)cn3c2CCC(=O)N2CCN(c3ccccc3OC)CC2)c1. The number of methoxy groups -OCH3 is 2. The van der Waals surface area contributed by atoms with Gasteiger partial charge in [0.2, 0.25) is 5.91 Å². The third-order valence-corrected chi connectivity index (χ3v) is 8.43. The molecule has 8 heteroatoms. The highest BCUT2D eigenvalue weighted by Gasteiger charge is 2.24. The van der Waals surface area contributed by atoms with E-state index in [1.807, 2.05) is 71.6 Å². The lowest BCUT2D eigenvalue weighted by Crippen LogP contribution is -2.49. The van der Waals surface area contributed by atoms with Gasteiger partial charge in [0.1, 0.15) is 17.1 Å². The average Bonchev–Trinajstić information content (AvgIpc) is 3.41. The van der Waals surface area contributed by atoms with Crippen LogP contribution < -0.4 is 14.4 Å². The number of aryl methyl sites for hydroxylation is 2. The monoisotopic (exact) mass is 594 g/mol. The molecule has 0 saturated carbocycles. The van der Waals surface area contributed by atoms with E-state index in [0.717, 1.165) is 69.6 Å². The molecule has 1 aliphatic rings. The number of piperazine rings is 1. The standard InChI is InChI=1S/C35H35ClN4O3/c1-24-21-27(36)12-13-29(24)26-11-15-33-37-35(25-7-6-8-28(22-25)42-2)31(40(33)23-26)14-16-34(41)39-19-17-38(18-20-39)30-9-4-5-10-32(30)43-3/h4-13,15,21-23H,14,16-20H2,1-3H3. The molecule has 0 radical (unpaired) electrons. The first-order valence-electron chi connectivity index (χ1n) is 14.5. The first-order valence-corrected chi connectivity index (χ1v) is 14.9. The van der Waals surface area contributed by atoms with E-state index in [-0.39, 0.29) is 5.91 Å². The van der Waals surface area contributed by atoms with Gasteiger partial charge in [-0.1, -0.05) is 41.9 Å². The number of pyridine rings is 1. The van der Waals surface area contributed by atoms with Crippen molar-refractivity contribution in [3.8, 4) is 33.9 Å². The van der Waals surface area contributed by atoms with Crippen LogP contribution in [0.25, 0.3) is 28.0 Å². The van der Waals surface area contributed by atoms with E-state index in [2.05, 4.69) is 34.6 Å². The van der Waals surface area contributed by atoms with Gasteiger partial charge in [-0.05, 0) is 78.6 Å². The van der Waals surface area contributed by atoms with Crippen molar-refractivity contribution in [2.24, 2.45) is 0 Å². The fourth-order valence-electron chi connectivity index (χ4n) is 5.92. The Balaban J connectivity index is 1.27. The normalized spacial score (nSPS) is 13.4. The fourth-order valence-corrected chi connectivity index (χ4v) is 6.14. The van der Waals surface area contributed by atoms with Crippen molar-refractivity contribution in [3.05, 3.63) is 101 Å². The molecular formula is C35H35ClN4O3. The van der Waals surface area contributed by atoms with Gasteiger partial charge in [0.05, 0.1) is 31.3 Å². The summed E-state index contributed by atoms with van der Waals surface area (Å²) in [6.07, 6.45) is 3.07. The lowest BCUT2D eigenvalue weighted by atomic mass is 10.0. The number of amides is 1. The molecule has 2 aromatic heterocycles. The number of halogens is 1. The van der Waals surface area contributed by atoms with E-state index in [1.54, 1.807) is 14.2 Å². The zero-order chi connectivity index (χ0) is 29.9. The molecule has 0 bridgehead atoms. The van der Waals surface area contributed by atoms with Crippen LogP contribution in [-0.2, 0) is 11.2 Å². The fraction of sp³-hybridized carbons (Fsp3) is 0.257. The number of anilines is 1. The van der Waals surface area contributed by atoms with E-state index in [0.29, 0.717) is 31.0 Å². The van der Waals surface area contributed by atoms with Crippen LogP contribution in [0.3, 0.4) is 0 Å². The molecule has 1 fully saturated rings. The number of nitrogens with zero attached hydrogens (tertiary/aromatic N) is 4. The van der Waals surface area contributed by atoms with Crippen molar-refractivity contribution < 1.29 is 14.3 Å². The smallest absolute Gasteiger partial charge is 0.223 e. The first kappa shape index (κ1) is 28.6. The Morgan fingerprint density at radius 3 is 2.47 bits per heavy atom. The number of carbonyl (C=O) groups is 1. The average molecular weight is 595 g/mol. The summed E-state index contributed by atoms with van der Waals surface area (Å²) < 4.78 is 13.2. The molecule has 0 unspecified atom stereocenters. The third-order valence-electron chi connectivity index (χ3n) is 8.19. The van der Waals surface area contributed by atoms with Crippen molar-refractivity contribution in [3.63, 3.8) is 0 Å². The van der Waals surface area contributed by atoms with Gasteiger partial charge < -0.3 is 23.7 Å². The van der Waals surface area contributed by atoms with Gasteiger partial charge in [-0.25, -0.2) is 4.98 Å². The summed E-state index contributed by atoms with van der Waals surface area (Å²) in [5, 5.41) is 0.716. The molecule has 1 aliphatic heterocycles. The van der Waals surface area contributed by atoms with Crippen molar-refractivity contribution in [2.45, 2.75) is 19.8 Å². The molecule has 1 amide bonds. The number of benzene rings is 3. The van der Waals surface area contributed by atoms with Crippen LogP contribution in [-0.4, -0.2) is 60.6 Å². The predicted octanol–water partition coefficient (Wildman–Crippen LogP) is 6.93. The molecule has 1 saturated heterocycles. The number of fused-ring (bicyclic) bond motifs is 1. The maximum absolute atomic E-state index is 13.5. The summed E-state index contributed by atoms with van der Waals surface area (Å²) >= 11 is 6.24. The van der Waals surface area contributed by atoms with Crippen LogP contribution in [0, 0.1) is 6.92 Å². The minimum absolute atomic E-state index is 0.149. The largest absolute Gasteiger partial charge is 0.497 e. The second-order valence-corrected chi connectivity index (χ2v) is 11.2. The van der Waals surface area contributed by atoms with Gasteiger partial charge in [-0.3, -0.25) is 4.79 Å². The van der Waals surface area contributed by atoms with Crippen LogP contribution in [0.5, 0.6) is 11.5 Å². The third kappa shape index (κ3) is 5.90. The minimum atomic E-state index is 0.149. The maximum atomic E-state index is 13.5. The van der Waals surface area contributed by atoms with Crippen LogP contribution in [0.2, 0.25) is 5.02 Å². The Morgan fingerprint density at radius 1 is 0.884 bits per heavy atom. The van der Waals surface area contributed by atoms with Crippen molar-refractivity contribution in [2.75, 3.05) is 45.3 Å². The summed E-state index contributed by atoms with van der Waals surface area (Å²) in [4.78, 5) is 22.8. The lowest BCUT2D eigenvalue weighted by molar-refractivity contribution is -0.131. The number of hydrogen-bond acceptors (Lipinski definition) is 5. The first-order chi connectivity index (χ1) is 20.9. The number of para-hydroxylation sites is 2. The highest BCUT2D eigenvalue weighted by molar-refractivity contribution is 6.30. The Morgan fingerprint density at radius 2 is 1.70 bits per heavy atom. The molecule has 43 heavy (non-hydrogen) atoms. The van der Waals surface area contributed by atoms with Gasteiger partial charge >= 0.3 is 0 Å². The van der Waals surface area contributed by atoms with E-state index in [4.69, 9.17) is 26.1 Å². The second kappa shape index (κ2) is 12.4. The number of hydrogen-bond donors (Lipinski definition) is 0. The minimum Gasteiger partial charge on any atom is -0.497 e. The Kier molecular flexibility index (Phi) is 8.25. The van der Waals surface area contributed by atoms with Crippen LogP contribution in [0.1, 0.15) is 17.7 Å². The molecule has 220 valence electrons. The highest BCUT2D eigenvalue weighted by atomic mass is 35.5. The summed E-state index contributed by atoms with van der Waals surface area (Å²) in [7, 11) is 3.36. The molecule has 0 atom stereocenters. The van der Waals surface area contributed by atoms with Gasteiger partial charge in [-0.15, -0.1) is 0 Å². The quantitative estimate of drug-likeness (QED) is 0.195. The molecule has 6 rings (SSSR count). The van der Waals surface area contributed by atoms with Gasteiger partial charge in [0, 0.05) is 49.4 Å². The molecule has 7 nitrogen and oxygen atoms in total. The van der Waals surface area contributed by atoms with Gasteiger partial charge in [0.25, 0.3) is 0 Å². The lowest BCUT2D eigenvalue weighted by Gasteiger charge is -2.36.